The number of hydrogen-bond acceptors (Lipinski definition) is 4. The van der Waals surface area contributed by atoms with Crippen molar-refractivity contribution in [3.05, 3.63) is 59.7 Å². The number of amides is 1. The summed E-state index contributed by atoms with van der Waals surface area (Å²) in [6.45, 7) is 5.71. The normalized spacial score (nSPS) is 13.5. The van der Waals surface area contributed by atoms with E-state index in [1.54, 1.807) is 31.2 Å². The lowest BCUT2D eigenvalue weighted by Gasteiger charge is -2.20. The number of sulfonamides is 1. The zero-order chi connectivity index (χ0) is 20.9. The highest BCUT2D eigenvalue weighted by molar-refractivity contribution is 7.92. The van der Waals surface area contributed by atoms with Crippen molar-refractivity contribution >= 4 is 21.6 Å². The topological polar surface area (TPSA) is 75.7 Å². The van der Waals surface area contributed by atoms with Crippen molar-refractivity contribution in [2.75, 3.05) is 17.6 Å². The fraction of sp³-hybridized carbons (Fsp3) is 0.381. The minimum absolute atomic E-state index is 0.129. The molecule has 0 aromatic heterocycles. The molecular weight excluding hydrogens is 376 g/mol. The molecule has 0 spiro atoms. The first-order chi connectivity index (χ1) is 13.1. The second-order valence-electron chi connectivity index (χ2n) is 6.81. The Morgan fingerprint density at radius 1 is 1.07 bits per heavy atom. The van der Waals surface area contributed by atoms with Crippen LogP contribution in [0, 0.1) is 0 Å². The average Bonchev–Trinajstić information content (AvgIpc) is 2.67. The van der Waals surface area contributed by atoms with Gasteiger partial charge in [-0.15, -0.1) is 0 Å². The highest BCUT2D eigenvalue weighted by Gasteiger charge is 2.18. The minimum Gasteiger partial charge on any atom is -0.481 e. The summed E-state index contributed by atoms with van der Waals surface area (Å²) >= 11 is 0. The summed E-state index contributed by atoms with van der Waals surface area (Å²) in [4.78, 5) is 12.4. The predicted octanol–water partition coefficient (Wildman–Crippen LogP) is 3.29. The van der Waals surface area contributed by atoms with E-state index in [9.17, 15) is 13.2 Å². The second kappa shape index (κ2) is 9.10. The van der Waals surface area contributed by atoms with Crippen LogP contribution in [0.4, 0.5) is 5.69 Å². The van der Waals surface area contributed by atoms with Gasteiger partial charge < -0.3 is 10.1 Å². The second-order valence-corrected chi connectivity index (χ2v) is 8.82. The smallest absolute Gasteiger partial charge is 0.261 e. The maximum absolute atomic E-state index is 12.4. The van der Waals surface area contributed by atoms with Crippen molar-refractivity contribution < 1.29 is 17.9 Å². The van der Waals surface area contributed by atoms with Crippen molar-refractivity contribution in [1.82, 2.24) is 5.32 Å². The third-order valence-corrected chi connectivity index (χ3v) is 5.83. The van der Waals surface area contributed by atoms with Crippen LogP contribution in [0.1, 0.15) is 37.9 Å². The molecule has 0 saturated heterocycles. The van der Waals surface area contributed by atoms with Gasteiger partial charge >= 0.3 is 0 Å². The molecule has 1 N–H and O–H groups in total. The Labute approximate surface area is 167 Å². The molecule has 0 aliphatic rings. The van der Waals surface area contributed by atoms with Crippen LogP contribution in [0.25, 0.3) is 0 Å². The van der Waals surface area contributed by atoms with E-state index in [1.807, 2.05) is 19.1 Å². The first-order valence-corrected chi connectivity index (χ1v) is 11.1. The van der Waals surface area contributed by atoms with Gasteiger partial charge in [0.05, 0.1) is 18.0 Å². The van der Waals surface area contributed by atoms with Gasteiger partial charge in [-0.05, 0) is 55.7 Å². The van der Waals surface area contributed by atoms with Crippen molar-refractivity contribution in [3.63, 3.8) is 0 Å². The van der Waals surface area contributed by atoms with Crippen LogP contribution < -0.4 is 14.4 Å². The van der Waals surface area contributed by atoms with Gasteiger partial charge in [-0.3, -0.25) is 9.10 Å². The summed E-state index contributed by atoms with van der Waals surface area (Å²) in [7, 11) is -1.84. The van der Waals surface area contributed by atoms with Crippen LogP contribution in [0.3, 0.4) is 0 Å². The molecule has 6 nitrogen and oxygen atoms in total. The molecule has 28 heavy (non-hydrogen) atoms. The maximum atomic E-state index is 12.4. The van der Waals surface area contributed by atoms with E-state index in [0.29, 0.717) is 11.4 Å². The SMILES string of the molecule is CCc1ccc([C@@H](C)NC(=O)[C@H](C)Oc2ccc(N(C)S(C)(=O)=O)cc2)cc1. The van der Waals surface area contributed by atoms with Gasteiger partial charge in [0.2, 0.25) is 10.0 Å². The molecule has 7 heteroatoms. The Morgan fingerprint density at radius 3 is 2.14 bits per heavy atom. The molecule has 2 rings (SSSR count). The molecule has 0 fully saturated rings. The molecule has 1 amide bonds. The quantitative estimate of drug-likeness (QED) is 0.733. The largest absolute Gasteiger partial charge is 0.481 e. The van der Waals surface area contributed by atoms with Crippen molar-refractivity contribution in [3.8, 4) is 5.75 Å². The first-order valence-electron chi connectivity index (χ1n) is 9.21. The number of carbonyl (C=O) groups excluding carboxylic acids is 1. The minimum atomic E-state index is -3.32. The van der Waals surface area contributed by atoms with Crippen LogP contribution in [-0.4, -0.2) is 33.7 Å². The van der Waals surface area contributed by atoms with E-state index in [0.717, 1.165) is 18.2 Å². The van der Waals surface area contributed by atoms with E-state index in [1.165, 1.54) is 16.9 Å². The fourth-order valence-electron chi connectivity index (χ4n) is 2.64. The Hall–Kier alpha value is -2.54. The van der Waals surface area contributed by atoms with Crippen LogP contribution in [-0.2, 0) is 21.2 Å². The lowest BCUT2D eigenvalue weighted by atomic mass is 10.0. The molecule has 0 heterocycles. The predicted molar refractivity (Wildman–Crippen MR) is 112 cm³/mol. The zero-order valence-corrected chi connectivity index (χ0v) is 17.8. The number of rotatable bonds is 8. The Morgan fingerprint density at radius 2 is 1.64 bits per heavy atom. The number of carbonyl (C=O) groups is 1. The van der Waals surface area contributed by atoms with Crippen LogP contribution in [0.15, 0.2) is 48.5 Å². The Kier molecular flexibility index (Phi) is 7.07. The van der Waals surface area contributed by atoms with Crippen LogP contribution in [0.2, 0.25) is 0 Å². The van der Waals surface area contributed by atoms with E-state index >= 15 is 0 Å². The van der Waals surface area contributed by atoms with Gasteiger partial charge in [0.15, 0.2) is 6.10 Å². The Balaban J connectivity index is 1.96. The zero-order valence-electron chi connectivity index (χ0n) is 17.0. The number of hydrogen-bond donors (Lipinski definition) is 1. The molecule has 0 aliphatic heterocycles. The molecule has 2 aromatic rings. The molecule has 0 saturated carbocycles. The van der Waals surface area contributed by atoms with Crippen LogP contribution in [0.5, 0.6) is 5.75 Å². The molecule has 2 atom stereocenters. The van der Waals surface area contributed by atoms with E-state index in [2.05, 4.69) is 24.4 Å². The standard InChI is InChI=1S/C21H28N2O4S/c1-6-17-7-9-18(10-8-17)15(2)22-21(24)16(3)27-20-13-11-19(12-14-20)23(4)28(5,25)26/h7-16H,6H2,1-5H3,(H,22,24)/t15-,16+/m1/s1. The van der Waals surface area contributed by atoms with Crippen molar-refractivity contribution in [1.29, 1.82) is 0 Å². The lowest BCUT2D eigenvalue weighted by Crippen LogP contribution is -2.37. The number of aryl methyl sites for hydroxylation is 1. The third kappa shape index (κ3) is 5.73. The molecule has 0 unspecified atom stereocenters. The number of benzene rings is 2. The third-order valence-electron chi connectivity index (χ3n) is 4.63. The molecule has 2 aromatic carbocycles. The summed E-state index contributed by atoms with van der Waals surface area (Å²) in [5.74, 6) is 0.276. The van der Waals surface area contributed by atoms with E-state index in [4.69, 9.17) is 4.74 Å². The molecule has 0 radical (unpaired) electrons. The van der Waals surface area contributed by atoms with Gasteiger partial charge in [-0.25, -0.2) is 8.42 Å². The summed E-state index contributed by atoms with van der Waals surface area (Å²) < 4.78 is 30.0. The monoisotopic (exact) mass is 404 g/mol. The van der Waals surface area contributed by atoms with Crippen molar-refractivity contribution in [2.24, 2.45) is 0 Å². The maximum Gasteiger partial charge on any atom is 0.261 e. The highest BCUT2D eigenvalue weighted by Crippen LogP contribution is 2.21. The number of anilines is 1. The van der Waals surface area contributed by atoms with E-state index < -0.39 is 16.1 Å². The van der Waals surface area contributed by atoms with Gasteiger partial charge in [0, 0.05) is 7.05 Å². The average molecular weight is 405 g/mol. The van der Waals surface area contributed by atoms with Gasteiger partial charge in [-0.2, -0.15) is 0 Å². The number of nitrogens with zero attached hydrogens (tertiary/aromatic N) is 1. The number of ether oxygens (including phenoxy) is 1. The lowest BCUT2D eigenvalue weighted by molar-refractivity contribution is -0.127. The first kappa shape index (κ1) is 21.8. The highest BCUT2D eigenvalue weighted by atomic mass is 32.2. The summed E-state index contributed by atoms with van der Waals surface area (Å²) in [5, 5.41) is 2.95. The molecule has 0 bridgehead atoms. The van der Waals surface area contributed by atoms with Gasteiger partial charge in [0.25, 0.3) is 5.91 Å². The van der Waals surface area contributed by atoms with Gasteiger partial charge in [0.1, 0.15) is 5.75 Å². The van der Waals surface area contributed by atoms with Crippen LogP contribution >= 0.6 is 0 Å². The van der Waals surface area contributed by atoms with Gasteiger partial charge in [-0.1, -0.05) is 31.2 Å². The number of nitrogens with one attached hydrogen (secondary N) is 1. The molecule has 152 valence electrons. The summed E-state index contributed by atoms with van der Waals surface area (Å²) in [5.41, 5.74) is 2.81. The molecule has 0 aliphatic carbocycles. The molecular formula is C21H28N2O4S. The van der Waals surface area contributed by atoms with Crippen molar-refractivity contribution in [2.45, 2.75) is 39.3 Å². The fourth-order valence-corrected chi connectivity index (χ4v) is 3.14. The Bertz CT molecular complexity index is 893. The van der Waals surface area contributed by atoms with E-state index in [-0.39, 0.29) is 11.9 Å². The summed E-state index contributed by atoms with van der Waals surface area (Å²) in [6.07, 6.45) is 1.43. The summed E-state index contributed by atoms with van der Waals surface area (Å²) in [6, 6.07) is 14.6.